The van der Waals surface area contributed by atoms with E-state index in [1.54, 1.807) is 11.2 Å². The van der Waals surface area contributed by atoms with Crippen LogP contribution in [-0.2, 0) is 17.9 Å². The third kappa shape index (κ3) is 4.48. The third-order valence-corrected chi connectivity index (χ3v) is 4.83. The standard InChI is InChI=1S/C18H27N5O2/c1-14-19-15(2)23(20-14)11-16-7-4-5-9-22(16)13-18(24)21(3)12-17-8-6-10-25-17/h6,8,10,16H,4-5,7,9,11-13H2,1-3H3/t16-/m0/s1. The summed E-state index contributed by atoms with van der Waals surface area (Å²) in [4.78, 5) is 21.0. The Hall–Kier alpha value is -2.15. The summed E-state index contributed by atoms with van der Waals surface area (Å²) in [5.41, 5.74) is 0. The predicted octanol–water partition coefficient (Wildman–Crippen LogP) is 2.00. The zero-order valence-electron chi connectivity index (χ0n) is 15.3. The zero-order chi connectivity index (χ0) is 17.8. The lowest BCUT2D eigenvalue weighted by molar-refractivity contribution is -0.133. The van der Waals surface area contributed by atoms with Crippen molar-refractivity contribution in [3.05, 3.63) is 35.8 Å². The molecule has 0 unspecified atom stereocenters. The molecule has 25 heavy (non-hydrogen) atoms. The van der Waals surface area contributed by atoms with E-state index in [4.69, 9.17) is 4.42 Å². The van der Waals surface area contributed by atoms with Crippen molar-refractivity contribution in [1.29, 1.82) is 0 Å². The molecule has 0 aliphatic carbocycles. The van der Waals surface area contributed by atoms with E-state index in [0.29, 0.717) is 19.1 Å². The summed E-state index contributed by atoms with van der Waals surface area (Å²) in [6.07, 6.45) is 5.07. The topological polar surface area (TPSA) is 67.4 Å². The van der Waals surface area contributed by atoms with Crippen molar-refractivity contribution in [2.45, 2.75) is 52.2 Å². The van der Waals surface area contributed by atoms with Crippen LogP contribution in [0.15, 0.2) is 22.8 Å². The highest BCUT2D eigenvalue weighted by Gasteiger charge is 2.26. The molecule has 0 radical (unpaired) electrons. The minimum absolute atomic E-state index is 0.120. The number of aromatic nitrogens is 3. The van der Waals surface area contributed by atoms with Crippen LogP contribution >= 0.6 is 0 Å². The van der Waals surface area contributed by atoms with E-state index in [-0.39, 0.29) is 5.91 Å². The van der Waals surface area contributed by atoms with Crippen molar-refractivity contribution in [3.63, 3.8) is 0 Å². The van der Waals surface area contributed by atoms with Crippen LogP contribution < -0.4 is 0 Å². The number of hydrogen-bond donors (Lipinski definition) is 0. The Labute approximate surface area is 148 Å². The molecule has 0 aromatic carbocycles. The largest absolute Gasteiger partial charge is 0.467 e. The van der Waals surface area contributed by atoms with Gasteiger partial charge in [-0.05, 0) is 45.4 Å². The van der Waals surface area contributed by atoms with Gasteiger partial charge in [0.1, 0.15) is 17.4 Å². The fraction of sp³-hybridized carbons (Fsp3) is 0.611. The molecule has 1 amide bonds. The number of likely N-dealkylation sites (tertiary alicyclic amines) is 1. The van der Waals surface area contributed by atoms with E-state index in [1.165, 1.54) is 6.42 Å². The SMILES string of the molecule is Cc1nc(C)n(C[C@@H]2CCCCN2CC(=O)N(C)Cc2ccco2)n1. The Balaban J connectivity index is 1.60. The molecule has 3 rings (SSSR count). The molecule has 0 spiro atoms. The van der Waals surface area contributed by atoms with E-state index in [9.17, 15) is 4.79 Å². The van der Waals surface area contributed by atoms with Crippen LogP contribution in [-0.4, -0.2) is 56.7 Å². The molecular formula is C18H27N5O2. The molecular weight excluding hydrogens is 318 g/mol. The van der Waals surface area contributed by atoms with Gasteiger partial charge in [0.15, 0.2) is 0 Å². The summed E-state index contributed by atoms with van der Waals surface area (Å²) >= 11 is 0. The van der Waals surface area contributed by atoms with E-state index in [0.717, 1.165) is 43.3 Å². The van der Waals surface area contributed by atoms with Crippen LogP contribution in [0.25, 0.3) is 0 Å². The molecule has 1 atom stereocenters. The van der Waals surface area contributed by atoms with Crippen molar-refractivity contribution < 1.29 is 9.21 Å². The normalized spacial score (nSPS) is 18.4. The zero-order valence-corrected chi connectivity index (χ0v) is 15.3. The van der Waals surface area contributed by atoms with Crippen LogP contribution in [0.1, 0.15) is 36.7 Å². The van der Waals surface area contributed by atoms with Crippen molar-refractivity contribution >= 4 is 5.91 Å². The first-order valence-electron chi connectivity index (χ1n) is 8.91. The molecule has 7 nitrogen and oxygen atoms in total. The number of nitrogens with zero attached hydrogens (tertiary/aromatic N) is 5. The number of hydrogen-bond acceptors (Lipinski definition) is 5. The van der Waals surface area contributed by atoms with Gasteiger partial charge in [-0.25, -0.2) is 9.67 Å². The molecule has 2 aromatic rings. The molecule has 0 saturated carbocycles. The van der Waals surface area contributed by atoms with Crippen LogP contribution in [0.5, 0.6) is 0 Å². The van der Waals surface area contributed by atoms with Crippen LogP contribution in [0, 0.1) is 13.8 Å². The van der Waals surface area contributed by atoms with E-state index < -0.39 is 0 Å². The summed E-state index contributed by atoms with van der Waals surface area (Å²) in [6, 6.07) is 4.06. The molecule has 3 heterocycles. The highest BCUT2D eigenvalue weighted by Crippen LogP contribution is 2.19. The van der Waals surface area contributed by atoms with Gasteiger partial charge in [-0.2, -0.15) is 5.10 Å². The van der Waals surface area contributed by atoms with Gasteiger partial charge in [0.2, 0.25) is 5.91 Å². The second kappa shape index (κ2) is 7.82. The van der Waals surface area contributed by atoms with Crippen LogP contribution in [0.2, 0.25) is 0 Å². The van der Waals surface area contributed by atoms with Gasteiger partial charge >= 0.3 is 0 Å². The van der Waals surface area contributed by atoms with Crippen molar-refractivity contribution in [2.24, 2.45) is 0 Å². The summed E-state index contributed by atoms with van der Waals surface area (Å²) in [7, 11) is 1.83. The lowest BCUT2D eigenvalue weighted by atomic mass is 10.0. The molecule has 1 fully saturated rings. The average molecular weight is 345 g/mol. The minimum atomic E-state index is 0.120. The Morgan fingerprint density at radius 2 is 2.24 bits per heavy atom. The monoisotopic (exact) mass is 345 g/mol. The first-order valence-corrected chi connectivity index (χ1v) is 8.91. The van der Waals surface area contributed by atoms with E-state index >= 15 is 0 Å². The third-order valence-electron chi connectivity index (χ3n) is 4.83. The molecule has 0 bridgehead atoms. The number of carbonyl (C=O) groups excluding carboxylic acids is 1. The predicted molar refractivity (Wildman–Crippen MR) is 93.9 cm³/mol. The smallest absolute Gasteiger partial charge is 0.236 e. The Morgan fingerprint density at radius 1 is 1.40 bits per heavy atom. The molecule has 0 N–H and O–H groups in total. The first-order chi connectivity index (χ1) is 12.0. The van der Waals surface area contributed by atoms with Gasteiger partial charge in [-0.15, -0.1) is 0 Å². The lowest BCUT2D eigenvalue weighted by Crippen LogP contribution is -2.47. The number of piperidine rings is 1. The maximum atomic E-state index is 12.6. The fourth-order valence-electron chi connectivity index (χ4n) is 3.43. The quantitative estimate of drug-likeness (QED) is 0.801. The second-order valence-corrected chi connectivity index (χ2v) is 6.84. The summed E-state index contributed by atoms with van der Waals surface area (Å²) in [5.74, 6) is 2.66. The number of carbonyl (C=O) groups is 1. The van der Waals surface area contributed by atoms with Crippen molar-refractivity contribution in [2.75, 3.05) is 20.1 Å². The lowest BCUT2D eigenvalue weighted by Gasteiger charge is -2.36. The molecule has 1 saturated heterocycles. The fourth-order valence-corrected chi connectivity index (χ4v) is 3.43. The molecule has 2 aromatic heterocycles. The molecule has 7 heteroatoms. The van der Waals surface area contributed by atoms with Gasteiger partial charge in [0.25, 0.3) is 0 Å². The van der Waals surface area contributed by atoms with E-state index in [2.05, 4.69) is 15.0 Å². The van der Waals surface area contributed by atoms with Crippen LogP contribution in [0.4, 0.5) is 0 Å². The second-order valence-electron chi connectivity index (χ2n) is 6.84. The van der Waals surface area contributed by atoms with Crippen molar-refractivity contribution in [1.82, 2.24) is 24.6 Å². The first kappa shape index (κ1) is 17.7. The van der Waals surface area contributed by atoms with Crippen molar-refractivity contribution in [3.8, 4) is 0 Å². The Kier molecular flexibility index (Phi) is 5.53. The molecule has 136 valence electrons. The highest BCUT2D eigenvalue weighted by atomic mass is 16.3. The average Bonchev–Trinajstić information content (AvgIpc) is 3.19. The summed E-state index contributed by atoms with van der Waals surface area (Å²) in [5, 5.41) is 4.47. The summed E-state index contributed by atoms with van der Waals surface area (Å²) < 4.78 is 7.30. The van der Waals surface area contributed by atoms with Gasteiger partial charge in [-0.3, -0.25) is 9.69 Å². The number of furan rings is 1. The number of amides is 1. The number of rotatable bonds is 6. The molecule has 1 aliphatic rings. The van der Waals surface area contributed by atoms with Gasteiger partial charge < -0.3 is 9.32 Å². The highest BCUT2D eigenvalue weighted by molar-refractivity contribution is 5.78. The number of aryl methyl sites for hydroxylation is 2. The van der Waals surface area contributed by atoms with Gasteiger partial charge in [0, 0.05) is 13.1 Å². The maximum Gasteiger partial charge on any atom is 0.236 e. The van der Waals surface area contributed by atoms with E-state index in [1.807, 2.05) is 37.7 Å². The number of likely N-dealkylation sites (N-methyl/N-ethyl adjacent to an activating group) is 1. The minimum Gasteiger partial charge on any atom is -0.467 e. The van der Waals surface area contributed by atoms with Crippen LogP contribution in [0.3, 0.4) is 0 Å². The Bertz CT molecular complexity index is 694. The Morgan fingerprint density at radius 3 is 2.92 bits per heavy atom. The van der Waals surface area contributed by atoms with Gasteiger partial charge in [-0.1, -0.05) is 6.42 Å². The van der Waals surface area contributed by atoms with Gasteiger partial charge in [0.05, 0.1) is 25.9 Å². The molecule has 1 aliphatic heterocycles. The summed E-state index contributed by atoms with van der Waals surface area (Å²) in [6.45, 7) is 6.59. The maximum absolute atomic E-state index is 12.6.